The lowest BCUT2D eigenvalue weighted by Gasteiger charge is -2.26. The summed E-state index contributed by atoms with van der Waals surface area (Å²) in [5, 5.41) is 10.5. The summed E-state index contributed by atoms with van der Waals surface area (Å²) in [6, 6.07) is 5.60. The molecule has 0 saturated heterocycles. The van der Waals surface area contributed by atoms with Crippen molar-refractivity contribution >= 4 is 0 Å². The number of ether oxygens (including phenoxy) is 3. The zero-order chi connectivity index (χ0) is 15.2. The standard InChI is InChI=1S/C16H25NO4/c1-12(2)9-17(6-7-19-3)10-14(18)13-4-5-15-16(8-13)21-11-20-15/h4-5,8,12,14,18H,6-7,9-11H2,1-3H3. The Hall–Kier alpha value is -1.30. The lowest BCUT2D eigenvalue weighted by atomic mass is 10.1. The minimum atomic E-state index is -0.546. The van der Waals surface area contributed by atoms with Crippen molar-refractivity contribution in [3.05, 3.63) is 23.8 Å². The Kier molecular flexibility index (Phi) is 5.85. The van der Waals surface area contributed by atoms with Gasteiger partial charge in [0.25, 0.3) is 0 Å². The first-order valence-corrected chi connectivity index (χ1v) is 7.39. The predicted octanol–water partition coefficient (Wildman–Crippen LogP) is 2.05. The Morgan fingerprint density at radius 2 is 2.00 bits per heavy atom. The van der Waals surface area contributed by atoms with Crippen molar-refractivity contribution < 1.29 is 19.3 Å². The van der Waals surface area contributed by atoms with Crippen LogP contribution in [0.25, 0.3) is 0 Å². The number of aliphatic hydroxyl groups excluding tert-OH is 1. The maximum Gasteiger partial charge on any atom is 0.231 e. The molecule has 0 saturated carbocycles. The molecular formula is C16H25NO4. The minimum absolute atomic E-state index is 0.252. The Bertz CT molecular complexity index is 450. The van der Waals surface area contributed by atoms with Crippen molar-refractivity contribution in [2.75, 3.05) is 40.1 Å². The maximum atomic E-state index is 10.5. The Labute approximate surface area is 126 Å². The van der Waals surface area contributed by atoms with E-state index in [4.69, 9.17) is 14.2 Å². The fourth-order valence-corrected chi connectivity index (χ4v) is 2.46. The van der Waals surface area contributed by atoms with Gasteiger partial charge in [-0.3, -0.25) is 4.90 Å². The summed E-state index contributed by atoms with van der Waals surface area (Å²) in [6.07, 6.45) is -0.546. The molecule has 0 aliphatic carbocycles. The second kappa shape index (κ2) is 7.64. The van der Waals surface area contributed by atoms with Gasteiger partial charge in [0.15, 0.2) is 11.5 Å². The molecule has 0 bridgehead atoms. The van der Waals surface area contributed by atoms with Crippen LogP contribution >= 0.6 is 0 Å². The van der Waals surface area contributed by atoms with Crippen LogP contribution in [-0.4, -0.2) is 50.2 Å². The van der Waals surface area contributed by atoms with E-state index in [0.717, 1.165) is 24.4 Å². The third-order valence-corrected chi connectivity index (χ3v) is 3.45. The predicted molar refractivity (Wildman–Crippen MR) is 80.7 cm³/mol. The molecule has 1 N–H and O–H groups in total. The smallest absolute Gasteiger partial charge is 0.231 e. The zero-order valence-electron chi connectivity index (χ0n) is 13.0. The highest BCUT2D eigenvalue weighted by molar-refractivity contribution is 5.45. The number of aliphatic hydroxyl groups is 1. The topological polar surface area (TPSA) is 51.2 Å². The highest BCUT2D eigenvalue weighted by Gasteiger charge is 2.19. The van der Waals surface area contributed by atoms with Crippen molar-refractivity contribution in [3.8, 4) is 11.5 Å². The van der Waals surface area contributed by atoms with Gasteiger partial charge in [0, 0.05) is 26.7 Å². The van der Waals surface area contributed by atoms with Gasteiger partial charge in [0.1, 0.15) is 0 Å². The van der Waals surface area contributed by atoms with Crippen LogP contribution in [0, 0.1) is 5.92 Å². The fourth-order valence-electron chi connectivity index (χ4n) is 2.46. The number of fused-ring (bicyclic) bond motifs is 1. The van der Waals surface area contributed by atoms with Crippen LogP contribution in [0.15, 0.2) is 18.2 Å². The molecule has 1 heterocycles. The number of nitrogens with zero attached hydrogens (tertiary/aromatic N) is 1. The Morgan fingerprint density at radius 1 is 1.24 bits per heavy atom. The highest BCUT2D eigenvalue weighted by Crippen LogP contribution is 2.34. The molecule has 0 amide bonds. The Balaban J connectivity index is 1.98. The molecule has 5 heteroatoms. The van der Waals surface area contributed by atoms with E-state index < -0.39 is 6.10 Å². The van der Waals surface area contributed by atoms with Crippen LogP contribution in [0.5, 0.6) is 11.5 Å². The summed E-state index contributed by atoms with van der Waals surface area (Å²) in [5.41, 5.74) is 0.852. The van der Waals surface area contributed by atoms with E-state index in [2.05, 4.69) is 18.7 Å². The number of hydrogen-bond donors (Lipinski definition) is 1. The van der Waals surface area contributed by atoms with Crippen LogP contribution in [0.1, 0.15) is 25.5 Å². The molecule has 0 spiro atoms. The highest BCUT2D eigenvalue weighted by atomic mass is 16.7. The lowest BCUT2D eigenvalue weighted by molar-refractivity contribution is 0.0823. The van der Waals surface area contributed by atoms with E-state index in [1.807, 2.05) is 18.2 Å². The van der Waals surface area contributed by atoms with Gasteiger partial charge in [-0.1, -0.05) is 19.9 Å². The molecule has 0 aromatic heterocycles. The van der Waals surface area contributed by atoms with Crippen molar-refractivity contribution in [3.63, 3.8) is 0 Å². The average Bonchev–Trinajstić information content (AvgIpc) is 2.91. The van der Waals surface area contributed by atoms with E-state index in [9.17, 15) is 5.11 Å². The zero-order valence-corrected chi connectivity index (χ0v) is 13.0. The van der Waals surface area contributed by atoms with Gasteiger partial charge in [0.05, 0.1) is 12.7 Å². The minimum Gasteiger partial charge on any atom is -0.454 e. The molecule has 1 unspecified atom stereocenters. The van der Waals surface area contributed by atoms with Gasteiger partial charge in [-0.25, -0.2) is 0 Å². The maximum absolute atomic E-state index is 10.5. The van der Waals surface area contributed by atoms with E-state index >= 15 is 0 Å². The number of hydrogen-bond acceptors (Lipinski definition) is 5. The molecule has 0 fully saturated rings. The third-order valence-electron chi connectivity index (χ3n) is 3.45. The van der Waals surface area contributed by atoms with Gasteiger partial charge in [-0.2, -0.15) is 0 Å². The number of benzene rings is 1. The molecule has 21 heavy (non-hydrogen) atoms. The third kappa shape index (κ3) is 4.59. The molecule has 118 valence electrons. The largest absolute Gasteiger partial charge is 0.454 e. The molecule has 1 aromatic carbocycles. The first kappa shape index (κ1) is 16.1. The monoisotopic (exact) mass is 295 g/mol. The Morgan fingerprint density at radius 3 is 2.71 bits per heavy atom. The van der Waals surface area contributed by atoms with Crippen LogP contribution < -0.4 is 9.47 Å². The molecular weight excluding hydrogens is 270 g/mol. The summed E-state index contributed by atoms with van der Waals surface area (Å²) in [5.74, 6) is 1.99. The van der Waals surface area contributed by atoms with Crippen molar-refractivity contribution in [1.82, 2.24) is 4.90 Å². The van der Waals surface area contributed by atoms with Gasteiger partial charge < -0.3 is 19.3 Å². The number of methoxy groups -OCH3 is 1. The molecule has 1 aromatic rings. The average molecular weight is 295 g/mol. The lowest BCUT2D eigenvalue weighted by Crippen LogP contribution is -2.34. The van der Waals surface area contributed by atoms with Gasteiger partial charge in [-0.15, -0.1) is 0 Å². The van der Waals surface area contributed by atoms with Crippen molar-refractivity contribution in [2.45, 2.75) is 20.0 Å². The normalized spacial score (nSPS) is 15.0. The molecule has 1 aliphatic rings. The van der Waals surface area contributed by atoms with Gasteiger partial charge >= 0.3 is 0 Å². The summed E-state index contributed by atoms with van der Waals surface area (Å²) < 4.78 is 15.8. The number of rotatable bonds is 8. The van der Waals surface area contributed by atoms with Crippen molar-refractivity contribution in [1.29, 1.82) is 0 Å². The first-order valence-electron chi connectivity index (χ1n) is 7.39. The van der Waals surface area contributed by atoms with Gasteiger partial charge in [-0.05, 0) is 23.6 Å². The first-order chi connectivity index (χ1) is 10.1. The van der Waals surface area contributed by atoms with E-state index in [-0.39, 0.29) is 6.79 Å². The quantitative estimate of drug-likeness (QED) is 0.795. The second-order valence-electron chi connectivity index (χ2n) is 5.77. The van der Waals surface area contributed by atoms with Crippen LogP contribution in [-0.2, 0) is 4.74 Å². The van der Waals surface area contributed by atoms with Crippen LogP contribution in [0.2, 0.25) is 0 Å². The summed E-state index contributed by atoms with van der Waals surface area (Å²) in [7, 11) is 1.70. The molecule has 1 atom stereocenters. The molecule has 5 nitrogen and oxygen atoms in total. The molecule has 0 radical (unpaired) electrons. The summed E-state index contributed by atoms with van der Waals surface area (Å²) in [6.45, 7) is 7.60. The van der Waals surface area contributed by atoms with Crippen LogP contribution in [0.3, 0.4) is 0 Å². The van der Waals surface area contributed by atoms with E-state index in [0.29, 0.717) is 24.8 Å². The van der Waals surface area contributed by atoms with E-state index in [1.54, 1.807) is 7.11 Å². The van der Waals surface area contributed by atoms with Crippen molar-refractivity contribution in [2.24, 2.45) is 5.92 Å². The summed E-state index contributed by atoms with van der Waals surface area (Å²) >= 11 is 0. The summed E-state index contributed by atoms with van der Waals surface area (Å²) in [4.78, 5) is 2.23. The van der Waals surface area contributed by atoms with E-state index in [1.165, 1.54) is 0 Å². The second-order valence-corrected chi connectivity index (χ2v) is 5.77. The van der Waals surface area contributed by atoms with Gasteiger partial charge in [0.2, 0.25) is 6.79 Å². The van der Waals surface area contributed by atoms with Crippen LogP contribution in [0.4, 0.5) is 0 Å². The molecule has 1 aliphatic heterocycles. The SMILES string of the molecule is COCCN(CC(C)C)CC(O)c1ccc2c(c1)OCO2. The molecule has 2 rings (SSSR count). The fraction of sp³-hybridized carbons (Fsp3) is 0.625.